The number of hydrogen-bond donors (Lipinski definition) is 1. The van der Waals surface area contributed by atoms with E-state index in [0.717, 1.165) is 0 Å². The fourth-order valence-corrected chi connectivity index (χ4v) is 1.84. The smallest absolute Gasteiger partial charge is 0.285 e. The standard InChI is InChI=1S/C11H10N2O4/c1-6-5-8(17-2)10-9(11(6)13(15)16)7(14)3-4-12-10/h3-5H,1-2H3,(H,12,14). The third kappa shape index (κ3) is 1.63. The van der Waals surface area contributed by atoms with Gasteiger partial charge in [-0.15, -0.1) is 0 Å². The Labute approximate surface area is 96.0 Å². The number of hydrogen-bond acceptors (Lipinski definition) is 4. The van der Waals surface area contributed by atoms with Crippen molar-refractivity contribution in [1.82, 2.24) is 4.98 Å². The molecule has 1 heterocycles. The van der Waals surface area contributed by atoms with Crippen molar-refractivity contribution in [3.63, 3.8) is 0 Å². The average Bonchev–Trinajstić information content (AvgIpc) is 2.28. The molecule has 0 saturated carbocycles. The van der Waals surface area contributed by atoms with Crippen LogP contribution in [0.25, 0.3) is 10.9 Å². The second-order valence-electron chi connectivity index (χ2n) is 3.59. The van der Waals surface area contributed by atoms with Crippen LogP contribution in [0.15, 0.2) is 23.1 Å². The SMILES string of the molecule is COc1cc(C)c([N+](=O)[O-])c2c(=O)cc[nH]c12. The minimum absolute atomic E-state index is 0.0503. The molecule has 6 nitrogen and oxygen atoms in total. The maximum atomic E-state index is 11.7. The summed E-state index contributed by atoms with van der Waals surface area (Å²) in [4.78, 5) is 25.0. The van der Waals surface area contributed by atoms with Crippen LogP contribution >= 0.6 is 0 Å². The van der Waals surface area contributed by atoms with E-state index in [0.29, 0.717) is 16.8 Å². The van der Waals surface area contributed by atoms with Crippen LogP contribution in [0.4, 0.5) is 5.69 Å². The van der Waals surface area contributed by atoms with Gasteiger partial charge in [-0.1, -0.05) is 0 Å². The molecule has 0 bridgehead atoms. The number of nitrogens with zero attached hydrogens (tertiary/aromatic N) is 1. The van der Waals surface area contributed by atoms with Crippen molar-refractivity contribution < 1.29 is 9.66 Å². The minimum Gasteiger partial charge on any atom is -0.495 e. The van der Waals surface area contributed by atoms with Gasteiger partial charge in [-0.05, 0) is 13.0 Å². The van der Waals surface area contributed by atoms with E-state index >= 15 is 0 Å². The molecule has 0 unspecified atom stereocenters. The lowest BCUT2D eigenvalue weighted by atomic mass is 10.1. The first-order valence-corrected chi connectivity index (χ1v) is 4.89. The number of methoxy groups -OCH3 is 1. The van der Waals surface area contributed by atoms with Gasteiger partial charge in [-0.3, -0.25) is 14.9 Å². The molecule has 0 atom stereocenters. The summed E-state index contributed by atoms with van der Waals surface area (Å²) in [6.07, 6.45) is 1.44. The second-order valence-corrected chi connectivity index (χ2v) is 3.59. The number of aromatic amines is 1. The largest absolute Gasteiger partial charge is 0.495 e. The van der Waals surface area contributed by atoms with Crippen LogP contribution in [-0.2, 0) is 0 Å². The third-order valence-electron chi connectivity index (χ3n) is 2.57. The Balaban J connectivity index is 3.06. The second kappa shape index (κ2) is 3.89. The van der Waals surface area contributed by atoms with E-state index in [4.69, 9.17) is 4.74 Å². The average molecular weight is 234 g/mol. The van der Waals surface area contributed by atoms with E-state index in [2.05, 4.69) is 4.98 Å². The van der Waals surface area contributed by atoms with Gasteiger partial charge >= 0.3 is 0 Å². The Morgan fingerprint density at radius 1 is 1.47 bits per heavy atom. The fraction of sp³-hybridized carbons (Fsp3) is 0.182. The van der Waals surface area contributed by atoms with E-state index < -0.39 is 10.4 Å². The summed E-state index contributed by atoms with van der Waals surface area (Å²) in [6.45, 7) is 1.58. The highest BCUT2D eigenvalue weighted by Gasteiger charge is 2.21. The first kappa shape index (κ1) is 11.1. The summed E-state index contributed by atoms with van der Waals surface area (Å²) in [5, 5.41) is 11.0. The maximum Gasteiger partial charge on any atom is 0.285 e. The maximum absolute atomic E-state index is 11.7. The van der Waals surface area contributed by atoms with Crippen LogP contribution < -0.4 is 10.2 Å². The first-order valence-electron chi connectivity index (χ1n) is 4.89. The van der Waals surface area contributed by atoms with Crippen molar-refractivity contribution in [3.05, 3.63) is 44.2 Å². The van der Waals surface area contributed by atoms with Crippen molar-refractivity contribution in [2.75, 3.05) is 7.11 Å². The predicted molar refractivity (Wildman–Crippen MR) is 62.5 cm³/mol. The number of benzene rings is 1. The Morgan fingerprint density at radius 2 is 2.18 bits per heavy atom. The Morgan fingerprint density at radius 3 is 2.76 bits per heavy atom. The summed E-state index contributed by atoms with van der Waals surface area (Å²) >= 11 is 0. The lowest BCUT2D eigenvalue weighted by Gasteiger charge is -2.07. The van der Waals surface area contributed by atoms with Crippen LogP contribution in [0.3, 0.4) is 0 Å². The topological polar surface area (TPSA) is 85.2 Å². The molecule has 17 heavy (non-hydrogen) atoms. The van der Waals surface area contributed by atoms with Crippen molar-refractivity contribution in [2.45, 2.75) is 6.92 Å². The van der Waals surface area contributed by atoms with E-state index in [1.54, 1.807) is 6.92 Å². The highest BCUT2D eigenvalue weighted by molar-refractivity contribution is 5.93. The molecule has 1 aromatic heterocycles. The zero-order chi connectivity index (χ0) is 12.6. The molecule has 0 spiro atoms. The molecular formula is C11H10N2O4. The number of fused-ring (bicyclic) bond motifs is 1. The van der Waals surface area contributed by atoms with Gasteiger partial charge in [0.15, 0.2) is 5.43 Å². The lowest BCUT2D eigenvalue weighted by Crippen LogP contribution is -2.06. The molecule has 1 N–H and O–H groups in total. The van der Waals surface area contributed by atoms with Gasteiger partial charge < -0.3 is 9.72 Å². The summed E-state index contributed by atoms with van der Waals surface area (Å²) in [5.74, 6) is 0.417. The molecule has 2 rings (SSSR count). The Hall–Kier alpha value is -2.37. The number of nitro benzene ring substituents is 1. The molecule has 0 fully saturated rings. The van der Waals surface area contributed by atoms with E-state index in [1.807, 2.05) is 0 Å². The quantitative estimate of drug-likeness (QED) is 0.633. The molecule has 0 aliphatic carbocycles. The minimum atomic E-state index is -0.549. The van der Waals surface area contributed by atoms with Crippen LogP contribution in [0, 0.1) is 17.0 Å². The summed E-state index contributed by atoms with van der Waals surface area (Å²) < 4.78 is 5.11. The normalized spacial score (nSPS) is 10.5. The van der Waals surface area contributed by atoms with Crippen molar-refractivity contribution in [3.8, 4) is 5.75 Å². The number of H-pyrrole nitrogens is 1. The predicted octanol–water partition coefficient (Wildman–Crippen LogP) is 1.75. The van der Waals surface area contributed by atoms with Crippen molar-refractivity contribution in [1.29, 1.82) is 0 Å². The zero-order valence-electron chi connectivity index (χ0n) is 9.31. The van der Waals surface area contributed by atoms with Gasteiger partial charge in [-0.2, -0.15) is 0 Å². The lowest BCUT2D eigenvalue weighted by molar-refractivity contribution is -0.383. The molecule has 0 aliphatic heterocycles. The van der Waals surface area contributed by atoms with Gasteiger partial charge in [0.25, 0.3) is 5.69 Å². The molecule has 88 valence electrons. The molecule has 6 heteroatoms. The number of ether oxygens (including phenoxy) is 1. The van der Waals surface area contributed by atoms with E-state index in [9.17, 15) is 14.9 Å². The zero-order valence-corrected chi connectivity index (χ0v) is 9.31. The number of nitro groups is 1. The van der Waals surface area contributed by atoms with Gasteiger partial charge in [0.2, 0.25) is 0 Å². The fourth-order valence-electron chi connectivity index (χ4n) is 1.84. The summed E-state index contributed by atoms with van der Waals surface area (Å²) in [7, 11) is 1.45. The molecule has 0 amide bonds. The van der Waals surface area contributed by atoms with Crippen LogP contribution in [-0.4, -0.2) is 17.0 Å². The molecule has 2 aromatic rings. The third-order valence-corrected chi connectivity index (χ3v) is 2.57. The molecule has 0 aliphatic rings. The molecule has 0 saturated heterocycles. The number of nitrogens with one attached hydrogen (secondary N) is 1. The van der Waals surface area contributed by atoms with Crippen LogP contribution in [0.1, 0.15) is 5.56 Å². The Kier molecular flexibility index (Phi) is 2.55. The highest BCUT2D eigenvalue weighted by Crippen LogP contribution is 2.32. The molecule has 1 aromatic carbocycles. The number of pyridine rings is 1. The summed E-state index contributed by atoms with van der Waals surface area (Å²) in [6, 6.07) is 2.80. The van der Waals surface area contributed by atoms with Gasteiger partial charge in [-0.25, -0.2) is 0 Å². The van der Waals surface area contributed by atoms with Gasteiger partial charge in [0.1, 0.15) is 11.1 Å². The first-order chi connectivity index (χ1) is 8.06. The summed E-state index contributed by atoms with van der Waals surface area (Å²) in [5.41, 5.74) is 0.170. The van der Waals surface area contributed by atoms with Crippen LogP contribution in [0.5, 0.6) is 5.75 Å². The highest BCUT2D eigenvalue weighted by atomic mass is 16.6. The molecular weight excluding hydrogens is 224 g/mol. The number of aryl methyl sites for hydroxylation is 1. The van der Waals surface area contributed by atoms with Crippen LogP contribution in [0.2, 0.25) is 0 Å². The van der Waals surface area contributed by atoms with E-state index in [1.165, 1.54) is 25.4 Å². The van der Waals surface area contributed by atoms with Gasteiger partial charge in [0.05, 0.1) is 17.5 Å². The van der Waals surface area contributed by atoms with Gasteiger partial charge in [0, 0.05) is 17.8 Å². The monoisotopic (exact) mass is 234 g/mol. The van der Waals surface area contributed by atoms with E-state index in [-0.39, 0.29) is 11.1 Å². The number of rotatable bonds is 2. The Bertz CT molecular complexity index is 660. The number of aromatic nitrogens is 1. The van der Waals surface area contributed by atoms with Crippen molar-refractivity contribution in [2.24, 2.45) is 0 Å². The molecule has 0 radical (unpaired) electrons. The van der Waals surface area contributed by atoms with Crippen molar-refractivity contribution >= 4 is 16.6 Å².